The molecule has 5 rings (SSSR count). The number of benzene rings is 1. The summed E-state index contributed by atoms with van der Waals surface area (Å²) >= 11 is 5.73. The van der Waals surface area contributed by atoms with Crippen molar-refractivity contribution in [3.8, 4) is 6.07 Å². The van der Waals surface area contributed by atoms with E-state index in [2.05, 4.69) is 11.4 Å². The van der Waals surface area contributed by atoms with E-state index in [0.717, 1.165) is 31.4 Å². The van der Waals surface area contributed by atoms with Crippen molar-refractivity contribution in [2.45, 2.75) is 57.0 Å². The molecular weight excluding hydrogens is 552 g/mol. The Morgan fingerprint density at radius 3 is 2.38 bits per heavy atom. The van der Waals surface area contributed by atoms with Crippen molar-refractivity contribution in [3.05, 3.63) is 34.4 Å². The lowest BCUT2D eigenvalue weighted by molar-refractivity contribution is -0.143. The summed E-state index contributed by atoms with van der Waals surface area (Å²) < 4.78 is 57.6. The zero-order valence-corrected chi connectivity index (χ0v) is 23.1. The fourth-order valence-corrected chi connectivity index (χ4v) is 7.95. The Labute approximate surface area is 232 Å². The van der Waals surface area contributed by atoms with E-state index in [-0.39, 0.29) is 48.0 Å². The van der Waals surface area contributed by atoms with Gasteiger partial charge in [-0.05, 0) is 56.6 Å². The molecule has 1 aromatic carbocycles. The van der Waals surface area contributed by atoms with Crippen LogP contribution >= 0.6 is 11.6 Å². The molecule has 39 heavy (non-hydrogen) atoms. The van der Waals surface area contributed by atoms with Crippen molar-refractivity contribution >= 4 is 33.6 Å². The number of nitriles is 1. The van der Waals surface area contributed by atoms with E-state index in [1.807, 2.05) is 0 Å². The Hall–Kier alpha value is -2.33. The van der Waals surface area contributed by atoms with Crippen LogP contribution in [0.5, 0.6) is 0 Å². The molecule has 1 N–H and O–H groups in total. The highest BCUT2D eigenvalue weighted by Crippen LogP contribution is 2.40. The number of carbonyl (C=O) groups is 2. The highest BCUT2D eigenvalue weighted by molar-refractivity contribution is 7.86. The number of carbonyl (C=O) groups excluding carboxylic acids is 2. The van der Waals surface area contributed by atoms with Crippen LogP contribution in [0.4, 0.5) is 8.78 Å². The fourth-order valence-electron chi connectivity index (χ4n) is 6.01. The van der Waals surface area contributed by atoms with Crippen LogP contribution in [-0.4, -0.2) is 72.5 Å². The second kappa shape index (κ2) is 11.3. The van der Waals surface area contributed by atoms with Gasteiger partial charge in [-0.15, -0.1) is 0 Å². The Morgan fingerprint density at radius 1 is 1.00 bits per heavy atom. The van der Waals surface area contributed by atoms with E-state index in [0.29, 0.717) is 38.8 Å². The molecule has 3 aliphatic heterocycles. The maximum absolute atomic E-state index is 14.8. The SMILES string of the molecule is N#CC1CN(S(=O)(=O)N2CCC[C@H](C(=O)N3CCC[C@@H]3C(=O)N[C@@H](c3cc(F)c(Cl)cc3F)C3CCC3)C2)C1. The first-order chi connectivity index (χ1) is 18.6. The highest BCUT2D eigenvalue weighted by Gasteiger charge is 2.44. The molecule has 9 nitrogen and oxygen atoms in total. The summed E-state index contributed by atoms with van der Waals surface area (Å²) in [6.07, 6.45) is 4.53. The van der Waals surface area contributed by atoms with Gasteiger partial charge in [0.2, 0.25) is 11.8 Å². The van der Waals surface area contributed by atoms with Gasteiger partial charge < -0.3 is 10.2 Å². The van der Waals surface area contributed by atoms with E-state index in [1.54, 1.807) is 0 Å². The van der Waals surface area contributed by atoms with Crippen molar-refractivity contribution in [1.29, 1.82) is 5.26 Å². The van der Waals surface area contributed by atoms with Crippen molar-refractivity contribution in [2.75, 3.05) is 32.7 Å². The predicted molar refractivity (Wildman–Crippen MR) is 138 cm³/mol. The van der Waals surface area contributed by atoms with Crippen molar-refractivity contribution < 1.29 is 26.8 Å². The number of rotatable bonds is 7. The van der Waals surface area contributed by atoms with Crippen molar-refractivity contribution in [3.63, 3.8) is 0 Å². The molecule has 4 aliphatic rings. The largest absolute Gasteiger partial charge is 0.347 e. The summed E-state index contributed by atoms with van der Waals surface area (Å²) in [7, 11) is -3.76. The van der Waals surface area contributed by atoms with E-state index >= 15 is 0 Å². The lowest BCUT2D eigenvalue weighted by atomic mass is 9.77. The minimum atomic E-state index is -3.76. The molecule has 3 heterocycles. The first-order valence-electron chi connectivity index (χ1n) is 13.5. The van der Waals surface area contributed by atoms with Gasteiger partial charge in [0, 0.05) is 38.3 Å². The number of hydrogen-bond acceptors (Lipinski definition) is 5. The smallest absolute Gasteiger partial charge is 0.282 e. The summed E-state index contributed by atoms with van der Waals surface area (Å²) in [5, 5.41) is 11.6. The summed E-state index contributed by atoms with van der Waals surface area (Å²) in [5.41, 5.74) is 0.0450. The van der Waals surface area contributed by atoms with E-state index in [9.17, 15) is 26.8 Å². The first-order valence-corrected chi connectivity index (χ1v) is 15.3. The zero-order chi connectivity index (χ0) is 27.9. The van der Waals surface area contributed by atoms with Crippen LogP contribution in [-0.2, 0) is 19.8 Å². The fraction of sp³-hybridized carbons (Fsp3) is 0.654. The van der Waals surface area contributed by atoms with Gasteiger partial charge in [-0.2, -0.15) is 22.3 Å². The third kappa shape index (κ3) is 5.51. The molecule has 1 aliphatic carbocycles. The molecule has 4 fully saturated rings. The second-order valence-corrected chi connectivity index (χ2v) is 13.3. The molecular formula is C26H32ClF2N5O4S. The van der Waals surface area contributed by atoms with Crippen LogP contribution in [0, 0.1) is 40.7 Å². The monoisotopic (exact) mass is 583 g/mol. The molecule has 0 unspecified atom stereocenters. The molecule has 13 heteroatoms. The number of hydrogen-bond donors (Lipinski definition) is 1. The standard InChI is InChI=1S/C26H32ClF2N5O4S/c27-20-11-21(28)19(10-22(20)29)24(17-4-1-5-17)31-25(35)23-7-3-9-34(23)26(36)18-6-2-8-32(15-18)39(37,38)33-13-16(12-30)14-33/h10-11,16-18,23-24H,1-9,13-15H2,(H,31,35)/t18-,23+,24+/m0/s1. The lowest BCUT2D eigenvalue weighted by Crippen LogP contribution is -2.57. The molecule has 1 saturated carbocycles. The molecule has 3 saturated heterocycles. The topological polar surface area (TPSA) is 114 Å². The molecule has 0 radical (unpaired) electrons. The summed E-state index contributed by atoms with van der Waals surface area (Å²) in [4.78, 5) is 28.6. The van der Waals surface area contributed by atoms with Gasteiger partial charge >= 0.3 is 0 Å². The maximum atomic E-state index is 14.8. The van der Waals surface area contributed by atoms with Crippen LogP contribution in [0.15, 0.2) is 12.1 Å². The minimum absolute atomic E-state index is 0.0275. The van der Waals surface area contributed by atoms with Crippen molar-refractivity contribution in [1.82, 2.24) is 18.8 Å². The predicted octanol–water partition coefficient (Wildman–Crippen LogP) is 2.98. The van der Waals surface area contributed by atoms with Gasteiger partial charge in [-0.1, -0.05) is 18.0 Å². The Bertz CT molecular complexity index is 1280. The van der Waals surface area contributed by atoms with Gasteiger partial charge in [-0.25, -0.2) is 8.78 Å². The van der Waals surface area contributed by atoms with Gasteiger partial charge in [0.05, 0.1) is 29.0 Å². The van der Waals surface area contributed by atoms with Gasteiger partial charge in [0.25, 0.3) is 10.2 Å². The highest BCUT2D eigenvalue weighted by atomic mass is 35.5. The van der Waals surface area contributed by atoms with Crippen molar-refractivity contribution in [2.24, 2.45) is 17.8 Å². The summed E-state index contributed by atoms with van der Waals surface area (Å²) in [5.74, 6) is -3.08. The second-order valence-electron chi connectivity index (χ2n) is 11.0. The van der Waals surface area contributed by atoms with E-state index in [1.165, 1.54) is 13.5 Å². The molecule has 1 aromatic rings. The number of halogens is 3. The van der Waals surface area contributed by atoms with Gasteiger partial charge in [0.15, 0.2) is 0 Å². The zero-order valence-electron chi connectivity index (χ0n) is 21.5. The lowest BCUT2D eigenvalue weighted by Gasteiger charge is -2.41. The summed E-state index contributed by atoms with van der Waals surface area (Å²) in [6, 6.07) is 2.51. The Balaban J connectivity index is 1.27. The molecule has 0 bridgehead atoms. The molecule has 0 spiro atoms. The first kappa shape index (κ1) is 28.2. The van der Waals surface area contributed by atoms with Crippen LogP contribution in [0.3, 0.4) is 0 Å². The third-order valence-corrected chi connectivity index (χ3v) is 10.8. The Kier molecular flexibility index (Phi) is 8.15. The number of nitrogens with zero attached hydrogens (tertiary/aromatic N) is 4. The van der Waals surface area contributed by atoms with Gasteiger partial charge in [0.1, 0.15) is 17.7 Å². The van der Waals surface area contributed by atoms with E-state index in [4.69, 9.17) is 16.9 Å². The van der Waals surface area contributed by atoms with E-state index < -0.39 is 45.8 Å². The summed E-state index contributed by atoms with van der Waals surface area (Å²) in [6.45, 7) is 1.01. The molecule has 3 atom stereocenters. The normalized spacial score (nSPS) is 25.9. The average Bonchev–Trinajstić information content (AvgIpc) is 3.34. The Morgan fingerprint density at radius 2 is 1.72 bits per heavy atom. The van der Waals surface area contributed by atoms with Crippen LogP contribution in [0.1, 0.15) is 56.6 Å². The third-order valence-electron chi connectivity index (χ3n) is 8.55. The number of piperidine rings is 1. The van der Waals surface area contributed by atoms with Crippen LogP contribution in [0.2, 0.25) is 5.02 Å². The molecule has 0 aromatic heterocycles. The molecule has 212 valence electrons. The number of amides is 2. The average molecular weight is 584 g/mol. The van der Waals surface area contributed by atoms with Crippen LogP contribution < -0.4 is 5.32 Å². The number of nitrogens with one attached hydrogen (secondary N) is 1. The molecule has 2 amide bonds. The van der Waals surface area contributed by atoms with Gasteiger partial charge in [-0.3, -0.25) is 9.59 Å². The van der Waals surface area contributed by atoms with Crippen LogP contribution in [0.25, 0.3) is 0 Å². The minimum Gasteiger partial charge on any atom is -0.347 e. The maximum Gasteiger partial charge on any atom is 0.282 e. The quantitative estimate of drug-likeness (QED) is 0.496. The number of likely N-dealkylation sites (tertiary alicyclic amines) is 1.